The number of nitrogens with one attached hydrogen (secondary N) is 2. The van der Waals surface area contributed by atoms with Gasteiger partial charge in [0.05, 0.1) is 6.42 Å². The Balaban J connectivity index is 1.90. The number of anilines is 1. The fraction of sp³-hybridized carbons (Fsp3) is 0.467. The van der Waals surface area contributed by atoms with Gasteiger partial charge in [0, 0.05) is 11.2 Å². The molecule has 20 heavy (non-hydrogen) atoms. The summed E-state index contributed by atoms with van der Waals surface area (Å²) < 4.78 is 0. The Labute approximate surface area is 118 Å². The molecule has 1 aromatic carbocycles. The molecule has 1 aromatic rings. The Morgan fingerprint density at radius 2 is 1.90 bits per heavy atom. The smallest absolute Gasteiger partial charge is 0.319 e. The lowest BCUT2D eigenvalue weighted by atomic mass is 9.98. The molecule has 0 saturated heterocycles. The van der Waals surface area contributed by atoms with E-state index in [-0.39, 0.29) is 23.9 Å². The van der Waals surface area contributed by atoms with Crippen molar-refractivity contribution in [1.82, 2.24) is 5.32 Å². The van der Waals surface area contributed by atoms with Crippen LogP contribution < -0.4 is 10.6 Å². The summed E-state index contributed by atoms with van der Waals surface area (Å²) in [6, 6.07) is 7.09. The van der Waals surface area contributed by atoms with Crippen LogP contribution in [0.3, 0.4) is 0 Å². The van der Waals surface area contributed by atoms with Crippen LogP contribution in [0.5, 0.6) is 0 Å². The summed E-state index contributed by atoms with van der Waals surface area (Å²) in [6.45, 7) is 3.89. The zero-order valence-electron chi connectivity index (χ0n) is 11.8. The van der Waals surface area contributed by atoms with Crippen molar-refractivity contribution in [3.63, 3.8) is 0 Å². The third kappa shape index (κ3) is 3.98. The predicted molar refractivity (Wildman–Crippen MR) is 76.9 cm³/mol. The molecule has 1 aliphatic carbocycles. The van der Waals surface area contributed by atoms with E-state index in [1.165, 1.54) is 0 Å². The minimum atomic E-state index is -0.809. The zero-order valence-corrected chi connectivity index (χ0v) is 11.8. The third-order valence-electron chi connectivity index (χ3n) is 3.63. The Hall–Kier alpha value is -2.04. The SMILES string of the molecule is CC(CC(=O)O)c1ccc(NC(=O)NC2(C)CC2)cc1. The maximum atomic E-state index is 11.7. The van der Waals surface area contributed by atoms with E-state index >= 15 is 0 Å². The average Bonchev–Trinajstić information content (AvgIpc) is 3.06. The van der Waals surface area contributed by atoms with Gasteiger partial charge in [-0.05, 0) is 43.4 Å². The third-order valence-corrected chi connectivity index (χ3v) is 3.63. The summed E-state index contributed by atoms with van der Waals surface area (Å²) in [5, 5.41) is 14.5. The molecule has 1 fully saturated rings. The van der Waals surface area contributed by atoms with E-state index in [1.807, 2.05) is 26.0 Å². The fourth-order valence-electron chi connectivity index (χ4n) is 2.02. The highest BCUT2D eigenvalue weighted by Gasteiger charge is 2.38. The molecule has 5 heteroatoms. The molecule has 0 radical (unpaired) electrons. The van der Waals surface area contributed by atoms with E-state index in [1.54, 1.807) is 12.1 Å². The Kier molecular flexibility index (Phi) is 3.97. The summed E-state index contributed by atoms with van der Waals surface area (Å²) in [5.41, 5.74) is 1.62. The predicted octanol–water partition coefficient (Wildman–Crippen LogP) is 2.94. The number of benzene rings is 1. The molecule has 5 nitrogen and oxygen atoms in total. The second kappa shape index (κ2) is 5.53. The first-order valence-corrected chi connectivity index (χ1v) is 6.79. The molecule has 0 spiro atoms. The van der Waals surface area contributed by atoms with Gasteiger partial charge in [0.2, 0.25) is 0 Å². The largest absolute Gasteiger partial charge is 0.481 e. The standard InChI is InChI=1S/C15H20N2O3/c1-10(9-13(18)19)11-3-5-12(6-4-11)16-14(20)17-15(2)7-8-15/h3-6,10H,7-9H2,1-2H3,(H,18,19)(H2,16,17,20). The van der Waals surface area contributed by atoms with Gasteiger partial charge >= 0.3 is 12.0 Å². The van der Waals surface area contributed by atoms with E-state index < -0.39 is 5.97 Å². The summed E-state index contributed by atoms with van der Waals surface area (Å²) in [4.78, 5) is 22.4. The molecular weight excluding hydrogens is 256 g/mol. The summed E-state index contributed by atoms with van der Waals surface area (Å²) in [7, 11) is 0. The molecule has 3 N–H and O–H groups in total. The summed E-state index contributed by atoms with van der Waals surface area (Å²) in [6.07, 6.45) is 2.14. The number of rotatable bonds is 5. The minimum Gasteiger partial charge on any atom is -0.481 e. The lowest BCUT2D eigenvalue weighted by Crippen LogP contribution is -2.37. The second-order valence-electron chi connectivity index (χ2n) is 5.76. The minimum absolute atomic E-state index is 0.0410. The highest BCUT2D eigenvalue weighted by Crippen LogP contribution is 2.34. The molecule has 108 valence electrons. The van der Waals surface area contributed by atoms with Crippen molar-refractivity contribution in [3.05, 3.63) is 29.8 Å². The molecule has 0 heterocycles. The molecule has 1 unspecified atom stereocenters. The van der Waals surface area contributed by atoms with Gasteiger partial charge < -0.3 is 15.7 Å². The van der Waals surface area contributed by atoms with Gasteiger partial charge in [0.1, 0.15) is 0 Å². The summed E-state index contributed by atoms with van der Waals surface area (Å²) in [5.74, 6) is -0.850. The topological polar surface area (TPSA) is 78.4 Å². The van der Waals surface area contributed by atoms with Gasteiger partial charge in [-0.2, -0.15) is 0 Å². The molecule has 0 bridgehead atoms. The Morgan fingerprint density at radius 3 is 2.40 bits per heavy atom. The normalized spacial score (nSPS) is 17.1. The number of hydrogen-bond donors (Lipinski definition) is 3. The molecule has 0 aromatic heterocycles. The highest BCUT2D eigenvalue weighted by molar-refractivity contribution is 5.90. The molecule has 0 aliphatic heterocycles. The first kappa shape index (κ1) is 14.4. The number of carboxylic acids is 1. The van der Waals surface area contributed by atoms with E-state index in [9.17, 15) is 9.59 Å². The van der Waals surface area contributed by atoms with Crippen molar-refractivity contribution >= 4 is 17.7 Å². The molecule has 1 aliphatic rings. The number of hydrogen-bond acceptors (Lipinski definition) is 2. The van der Waals surface area contributed by atoms with Crippen LogP contribution in [0.1, 0.15) is 44.6 Å². The fourth-order valence-corrected chi connectivity index (χ4v) is 2.02. The molecule has 1 saturated carbocycles. The lowest BCUT2D eigenvalue weighted by Gasteiger charge is -2.14. The van der Waals surface area contributed by atoms with Gasteiger partial charge in [-0.25, -0.2) is 4.79 Å². The van der Waals surface area contributed by atoms with Gasteiger partial charge in [-0.1, -0.05) is 19.1 Å². The zero-order chi connectivity index (χ0) is 14.8. The molecular formula is C15H20N2O3. The van der Waals surface area contributed by atoms with Crippen molar-refractivity contribution in [2.75, 3.05) is 5.32 Å². The van der Waals surface area contributed by atoms with E-state index in [0.717, 1.165) is 18.4 Å². The number of aliphatic carboxylic acids is 1. The van der Waals surface area contributed by atoms with Crippen molar-refractivity contribution in [3.8, 4) is 0 Å². The number of amides is 2. The number of carboxylic acid groups (broad SMARTS) is 1. The van der Waals surface area contributed by atoms with Crippen LogP contribution in [0.25, 0.3) is 0 Å². The second-order valence-corrected chi connectivity index (χ2v) is 5.76. The number of carbonyl (C=O) groups excluding carboxylic acids is 1. The quantitative estimate of drug-likeness (QED) is 0.773. The Bertz CT molecular complexity index is 506. The van der Waals surface area contributed by atoms with Crippen molar-refractivity contribution < 1.29 is 14.7 Å². The Morgan fingerprint density at radius 1 is 1.30 bits per heavy atom. The van der Waals surface area contributed by atoms with Crippen molar-refractivity contribution in [1.29, 1.82) is 0 Å². The van der Waals surface area contributed by atoms with Crippen LogP contribution in [0.4, 0.5) is 10.5 Å². The number of urea groups is 1. The van der Waals surface area contributed by atoms with Crippen LogP contribution in [-0.2, 0) is 4.79 Å². The molecule has 2 amide bonds. The number of carbonyl (C=O) groups is 2. The van der Waals surface area contributed by atoms with Gasteiger partial charge in [-0.15, -0.1) is 0 Å². The average molecular weight is 276 g/mol. The summed E-state index contributed by atoms with van der Waals surface area (Å²) >= 11 is 0. The molecule has 2 rings (SSSR count). The van der Waals surface area contributed by atoms with Crippen LogP contribution in [0.2, 0.25) is 0 Å². The van der Waals surface area contributed by atoms with Crippen LogP contribution in [0.15, 0.2) is 24.3 Å². The lowest BCUT2D eigenvalue weighted by molar-refractivity contribution is -0.137. The first-order chi connectivity index (χ1) is 9.38. The van der Waals surface area contributed by atoms with Gasteiger partial charge in [0.15, 0.2) is 0 Å². The van der Waals surface area contributed by atoms with Gasteiger partial charge in [-0.3, -0.25) is 4.79 Å². The van der Waals surface area contributed by atoms with E-state index in [2.05, 4.69) is 10.6 Å². The van der Waals surface area contributed by atoms with Crippen molar-refractivity contribution in [2.45, 2.75) is 44.6 Å². The van der Waals surface area contributed by atoms with Gasteiger partial charge in [0.25, 0.3) is 0 Å². The molecule has 1 atom stereocenters. The van der Waals surface area contributed by atoms with Crippen LogP contribution in [0, 0.1) is 0 Å². The van der Waals surface area contributed by atoms with Crippen LogP contribution in [-0.4, -0.2) is 22.6 Å². The van der Waals surface area contributed by atoms with E-state index in [0.29, 0.717) is 5.69 Å². The van der Waals surface area contributed by atoms with E-state index in [4.69, 9.17) is 5.11 Å². The monoisotopic (exact) mass is 276 g/mol. The maximum absolute atomic E-state index is 11.7. The maximum Gasteiger partial charge on any atom is 0.319 e. The highest BCUT2D eigenvalue weighted by atomic mass is 16.4. The van der Waals surface area contributed by atoms with Crippen LogP contribution >= 0.6 is 0 Å². The first-order valence-electron chi connectivity index (χ1n) is 6.79. The van der Waals surface area contributed by atoms with Crippen molar-refractivity contribution in [2.24, 2.45) is 0 Å².